The van der Waals surface area contributed by atoms with Gasteiger partial charge in [-0.3, -0.25) is 0 Å². The third-order valence-electron chi connectivity index (χ3n) is 4.35. The van der Waals surface area contributed by atoms with E-state index in [1.54, 1.807) is 7.11 Å². The van der Waals surface area contributed by atoms with Crippen LogP contribution >= 0.6 is 0 Å². The molecular formula is C20H23N2O+. The van der Waals surface area contributed by atoms with E-state index in [-0.39, 0.29) is 0 Å². The molecule has 3 heteroatoms. The predicted molar refractivity (Wildman–Crippen MR) is 91.7 cm³/mol. The molecule has 0 N–H and O–H groups in total. The van der Waals surface area contributed by atoms with Crippen LogP contribution in [-0.4, -0.2) is 11.7 Å². The predicted octanol–water partition coefficient (Wildman–Crippen LogP) is 3.50. The van der Waals surface area contributed by atoms with Crippen molar-refractivity contribution in [1.82, 2.24) is 4.57 Å². The van der Waals surface area contributed by atoms with Gasteiger partial charge in [0.2, 0.25) is 6.33 Å². The Morgan fingerprint density at radius 3 is 2.43 bits per heavy atom. The number of nitrogens with zero attached hydrogens (tertiary/aromatic N) is 2. The summed E-state index contributed by atoms with van der Waals surface area (Å²) in [4.78, 5) is 0. The van der Waals surface area contributed by atoms with E-state index in [1.165, 1.54) is 22.5 Å². The van der Waals surface area contributed by atoms with Crippen molar-refractivity contribution in [3.05, 3.63) is 83.4 Å². The van der Waals surface area contributed by atoms with E-state index in [4.69, 9.17) is 4.74 Å². The van der Waals surface area contributed by atoms with Crippen molar-refractivity contribution in [3.63, 3.8) is 0 Å². The van der Waals surface area contributed by atoms with E-state index in [2.05, 4.69) is 71.8 Å². The van der Waals surface area contributed by atoms with Gasteiger partial charge in [0.25, 0.3) is 0 Å². The SMILES string of the molecule is COc1cccc(C[n+]2cn(Cc3ccccc3)c(C)c2C)c1. The lowest BCUT2D eigenvalue weighted by Gasteiger charge is -2.03. The zero-order valence-corrected chi connectivity index (χ0v) is 14.0. The van der Waals surface area contributed by atoms with Gasteiger partial charge >= 0.3 is 0 Å². The van der Waals surface area contributed by atoms with Crippen molar-refractivity contribution in [1.29, 1.82) is 0 Å². The summed E-state index contributed by atoms with van der Waals surface area (Å²) < 4.78 is 9.93. The Morgan fingerprint density at radius 2 is 1.70 bits per heavy atom. The summed E-state index contributed by atoms with van der Waals surface area (Å²) >= 11 is 0. The second kappa shape index (κ2) is 6.69. The first kappa shape index (κ1) is 15.3. The molecule has 23 heavy (non-hydrogen) atoms. The van der Waals surface area contributed by atoms with Crippen LogP contribution in [0.3, 0.4) is 0 Å². The molecule has 0 spiro atoms. The Morgan fingerprint density at radius 1 is 0.957 bits per heavy atom. The third-order valence-corrected chi connectivity index (χ3v) is 4.35. The monoisotopic (exact) mass is 307 g/mol. The first-order valence-electron chi connectivity index (χ1n) is 7.90. The molecule has 2 aromatic carbocycles. The average Bonchev–Trinajstić information content (AvgIpc) is 2.84. The van der Waals surface area contributed by atoms with Gasteiger partial charge in [0, 0.05) is 13.8 Å². The standard InChI is InChI=1S/C20H23N2O/c1-16-17(2)22(14-19-10-7-11-20(12-19)23-3)15-21(16)13-18-8-5-4-6-9-18/h4-12,15H,13-14H2,1-3H3/q+1. The van der Waals surface area contributed by atoms with Crippen molar-refractivity contribution in [3.8, 4) is 5.75 Å². The number of benzene rings is 2. The molecule has 3 rings (SSSR count). The van der Waals surface area contributed by atoms with Gasteiger partial charge in [0.1, 0.15) is 30.2 Å². The minimum atomic E-state index is 0.853. The molecule has 0 atom stereocenters. The number of methoxy groups -OCH3 is 1. The molecule has 0 saturated heterocycles. The smallest absolute Gasteiger partial charge is 0.244 e. The molecule has 0 unspecified atom stereocenters. The topological polar surface area (TPSA) is 18.0 Å². The van der Waals surface area contributed by atoms with Gasteiger partial charge < -0.3 is 4.74 Å². The van der Waals surface area contributed by atoms with E-state index in [0.717, 1.165) is 18.8 Å². The highest BCUT2D eigenvalue weighted by Crippen LogP contribution is 2.13. The van der Waals surface area contributed by atoms with Gasteiger partial charge in [0.05, 0.1) is 7.11 Å². The van der Waals surface area contributed by atoms with E-state index in [0.29, 0.717) is 0 Å². The summed E-state index contributed by atoms with van der Waals surface area (Å²) in [6.45, 7) is 6.11. The molecule has 0 saturated carbocycles. The molecule has 0 bridgehead atoms. The molecule has 0 aliphatic rings. The molecule has 0 fully saturated rings. The van der Waals surface area contributed by atoms with E-state index in [1.807, 2.05) is 12.1 Å². The minimum absolute atomic E-state index is 0.853. The summed E-state index contributed by atoms with van der Waals surface area (Å²) in [5, 5.41) is 0. The molecule has 0 radical (unpaired) electrons. The quantitative estimate of drug-likeness (QED) is 0.660. The minimum Gasteiger partial charge on any atom is -0.497 e. The maximum Gasteiger partial charge on any atom is 0.244 e. The van der Waals surface area contributed by atoms with E-state index >= 15 is 0 Å². The summed E-state index contributed by atoms with van der Waals surface area (Å²) in [5.74, 6) is 0.904. The number of hydrogen-bond acceptors (Lipinski definition) is 1. The molecule has 3 aromatic rings. The van der Waals surface area contributed by atoms with Crippen molar-refractivity contribution >= 4 is 0 Å². The molecule has 1 heterocycles. The average molecular weight is 307 g/mol. The molecule has 118 valence electrons. The number of rotatable bonds is 5. The summed E-state index contributed by atoms with van der Waals surface area (Å²) in [7, 11) is 1.71. The van der Waals surface area contributed by atoms with Crippen LogP contribution in [0, 0.1) is 13.8 Å². The van der Waals surface area contributed by atoms with Crippen LogP contribution in [0.2, 0.25) is 0 Å². The van der Waals surface area contributed by atoms with Gasteiger partial charge in [-0.15, -0.1) is 0 Å². The fourth-order valence-corrected chi connectivity index (χ4v) is 2.82. The van der Waals surface area contributed by atoms with E-state index in [9.17, 15) is 0 Å². The highest BCUT2D eigenvalue weighted by molar-refractivity contribution is 5.28. The van der Waals surface area contributed by atoms with Crippen molar-refractivity contribution in [2.24, 2.45) is 0 Å². The first-order chi connectivity index (χ1) is 11.2. The number of hydrogen-bond donors (Lipinski definition) is 0. The Hall–Kier alpha value is -2.55. The normalized spacial score (nSPS) is 10.7. The van der Waals surface area contributed by atoms with Crippen LogP contribution in [0.4, 0.5) is 0 Å². The van der Waals surface area contributed by atoms with Crippen LogP contribution in [0.5, 0.6) is 5.75 Å². The second-order valence-electron chi connectivity index (χ2n) is 5.88. The fourth-order valence-electron chi connectivity index (χ4n) is 2.82. The molecule has 3 nitrogen and oxygen atoms in total. The van der Waals surface area contributed by atoms with Crippen molar-refractivity contribution in [2.75, 3.05) is 7.11 Å². The Balaban J connectivity index is 1.84. The van der Waals surface area contributed by atoms with Crippen LogP contribution in [-0.2, 0) is 13.1 Å². The van der Waals surface area contributed by atoms with Gasteiger partial charge in [-0.1, -0.05) is 42.5 Å². The maximum atomic E-state index is 5.32. The van der Waals surface area contributed by atoms with Crippen LogP contribution < -0.4 is 9.30 Å². The van der Waals surface area contributed by atoms with Crippen LogP contribution in [0.15, 0.2) is 60.9 Å². The lowest BCUT2D eigenvalue weighted by molar-refractivity contribution is -0.693. The first-order valence-corrected chi connectivity index (χ1v) is 7.90. The third kappa shape index (κ3) is 3.45. The highest BCUT2D eigenvalue weighted by atomic mass is 16.5. The van der Waals surface area contributed by atoms with Gasteiger partial charge in [0.15, 0.2) is 0 Å². The lowest BCUT2D eigenvalue weighted by Crippen LogP contribution is -2.35. The zero-order valence-electron chi connectivity index (χ0n) is 14.0. The van der Waals surface area contributed by atoms with Gasteiger partial charge in [-0.05, 0) is 23.3 Å². The Bertz CT molecular complexity index is 791. The molecule has 1 aromatic heterocycles. The van der Waals surface area contributed by atoms with Gasteiger partial charge in [-0.25, -0.2) is 9.13 Å². The second-order valence-corrected chi connectivity index (χ2v) is 5.88. The number of imidazole rings is 1. The maximum absolute atomic E-state index is 5.32. The van der Waals surface area contributed by atoms with E-state index < -0.39 is 0 Å². The Kier molecular flexibility index (Phi) is 4.47. The number of ether oxygens (including phenoxy) is 1. The zero-order chi connectivity index (χ0) is 16.2. The van der Waals surface area contributed by atoms with Crippen LogP contribution in [0.25, 0.3) is 0 Å². The van der Waals surface area contributed by atoms with Gasteiger partial charge in [-0.2, -0.15) is 0 Å². The van der Waals surface area contributed by atoms with Crippen LogP contribution in [0.1, 0.15) is 22.5 Å². The Labute approximate surface area is 137 Å². The molecule has 0 aliphatic carbocycles. The largest absolute Gasteiger partial charge is 0.497 e. The molecule has 0 amide bonds. The molecule has 0 aliphatic heterocycles. The molecular weight excluding hydrogens is 284 g/mol. The van der Waals surface area contributed by atoms with Crippen molar-refractivity contribution < 1.29 is 9.30 Å². The lowest BCUT2D eigenvalue weighted by atomic mass is 10.2. The number of aromatic nitrogens is 2. The fraction of sp³-hybridized carbons (Fsp3) is 0.250. The summed E-state index contributed by atoms with van der Waals surface area (Å²) in [5.41, 5.74) is 5.16. The summed E-state index contributed by atoms with van der Waals surface area (Å²) in [6.07, 6.45) is 2.21. The highest BCUT2D eigenvalue weighted by Gasteiger charge is 2.16. The van der Waals surface area contributed by atoms with Crippen molar-refractivity contribution in [2.45, 2.75) is 26.9 Å². The summed E-state index contributed by atoms with van der Waals surface area (Å²) in [6, 6.07) is 18.8.